The largest absolute Gasteiger partial charge is 0.335 e. The molecule has 5 rings (SSSR count). The monoisotopic (exact) mass is 316 g/mol. The molecular weight excluding hydrogens is 288 g/mol. The fourth-order valence-electron chi connectivity index (χ4n) is 4.10. The molecular formula is C18H28N4O. The van der Waals surface area contributed by atoms with Gasteiger partial charge in [-0.1, -0.05) is 0 Å². The van der Waals surface area contributed by atoms with Crippen molar-refractivity contribution in [3.05, 3.63) is 18.0 Å². The molecule has 1 saturated carbocycles. The molecule has 4 fully saturated rings. The van der Waals surface area contributed by atoms with E-state index in [-0.39, 0.29) is 5.91 Å². The molecule has 1 aromatic rings. The smallest absolute Gasteiger partial charge is 0.274 e. The fraction of sp³-hybridized carbons (Fsp3) is 0.778. The first-order chi connectivity index (χ1) is 11.1. The second-order valence-corrected chi connectivity index (χ2v) is 7.98. The van der Waals surface area contributed by atoms with Gasteiger partial charge in [-0.25, -0.2) is 0 Å². The molecule has 2 atom stereocenters. The Morgan fingerprint density at radius 3 is 2.74 bits per heavy atom. The SMILES string of the molecule is CC(C)n1ccc(C(=O)N2C[C@H]3CC[C@@H](C2)N(CC2CC2)C3)n1. The molecule has 23 heavy (non-hydrogen) atoms. The van der Waals surface area contributed by atoms with Crippen molar-refractivity contribution in [2.45, 2.75) is 51.6 Å². The molecule has 4 aliphatic rings. The maximum absolute atomic E-state index is 12.9. The Balaban J connectivity index is 1.47. The van der Waals surface area contributed by atoms with Crippen LogP contribution in [0.2, 0.25) is 0 Å². The second kappa shape index (κ2) is 5.93. The summed E-state index contributed by atoms with van der Waals surface area (Å²) in [7, 11) is 0. The zero-order chi connectivity index (χ0) is 16.0. The van der Waals surface area contributed by atoms with Gasteiger partial charge in [0.1, 0.15) is 5.69 Å². The van der Waals surface area contributed by atoms with E-state index in [9.17, 15) is 4.79 Å². The zero-order valence-electron chi connectivity index (χ0n) is 14.3. The van der Waals surface area contributed by atoms with Gasteiger partial charge in [-0.05, 0) is 57.4 Å². The van der Waals surface area contributed by atoms with Gasteiger partial charge in [0.05, 0.1) is 0 Å². The van der Waals surface area contributed by atoms with Gasteiger partial charge in [0.2, 0.25) is 0 Å². The third-order valence-corrected chi connectivity index (χ3v) is 5.66. The van der Waals surface area contributed by atoms with E-state index < -0.39 is 0 Å². The van der Waals surface area contributed by atoms with Crippen LogP contribution in [0.25, 0.3) is 0 Å². The highest BCUT2D eigenvalue weighted by atomic mass is 16.2. The van der Waals surface area contributed by atoms with Crippen molar-refractivity contribution < 1.29 is 4.79 Å². The summed E-state index contributed by atoms with van der Waals surface area (Å²) in [5, 5.41) is 4.48. The van der Waals surface area contributed by atoms with Crippen LogP contribution in [-0.2, 0) is 0 Å². The highest BCUT2D eigenvalue weighted by molar-refractivity contribution is 5.92. The number of hydrogen-bond donors (Lipinski definition) is 0. The Kier molecular flexibility index (Phi) is 3.92. The zero-order valence-corrected chi connectivity index (χ0v) is 14.3. The minimum atomic E-state index is 0.120. The van der Waals surface area contributed by atoms with E-state index in [1.807, 2.05) is 16.9 Å². The number of amides is 1. The van der Waals surface area contributed by atoms with Crippen LogP contribution in [-0.4, -0.2) is 57.7 Å². The van der Waals surface area contributed by atoms with Crippen molar-refractivity contribution in [3.8, 4) is 0 Å². The van der Waals surface area contributed by atoms with Gasteiger partial charge in [0, 0.05) is 44.5 Å². The normalized spacial score (nSPS) is 28.4. The van der Waals surface area contributed by atoms with E-state index in [0.717, 1.165) is 19.0 Å². The first-order valence-electron chi connectivity index (χ1n) is 9.18. The molecule has 5 nitrogen and oxygen atoms in total. The number of rotatable bonds is 4. The molecule has 3 aliphatic heterocycles. The second-order valence-electron chi connectivity index (χ2n) is 7.98. The minimum Gasteiger partial charge on any atom is -0.335 e. The molecule has 1 aromatic heterocycles. The molecule has 1 aliphatic carbocycles. The quantitative estimate of drug-likeness (QED) is 0.856. The van der Waals surface area contributed by atoms with E-state index in [4.69, 9.17) is 0 Å². The number of carbonyl (C=O) groups excluding carboxylic acids is 1. The van der Waals surface area contributed by atoms with E-state index in [0.29, 0.717) is 23.7 Å². The predicted octanol–water partition coefficient (Wildman–Crippen LogP) is 2.41. The number of carbonyl (C=O) groups is 1. The van der Waals surface area contributed by atoms with Gasteiger partial charge >= 0.3 is 0 Å². The number of hydrogen-bond acceptors (Lipinski definition) is 3. The third-order valence-electron chi connectivity index (χ3n) is 5.66. The lowest BCUT2D eigenvalue weighted by molar-refractivity contribution is 0.0730. The Hall–Kier alpha value is -1.36. The molecule has 0 spiro atoms. The van der Waals surface area contributed by atoms with Crippen LogP contribution >= 0.6 is 0 Å². The van der Waals surface area contributed by atoms with Gasteiger partial charge < -0.3 is 4.90 Å². The fourth-order valence-corrected chi connectivity index (χ4v) is 4.10. The number of fused-ring (bicyclic) bond motifs is 4. The van der Waals surface area contributed by atoms with Crippen LogP contribution < -0.4 is 0 Å². The van der Waals surface area contributed by atoms with Gasteiger partial charge in [-0.15, -0.1) is 0 Å². The lowest BCUT2D eigenvalue weighted by Gasteiger charge is -2.36. The minimum absolute atomic E-state index is 0.120. The van der Waals surface area contributed by atoms with Crippen LogP contribution in [0.1, 0.15) is 56.1 Å². The van der Waals surface area contributed by atoms with Crippen molar-refractivity contribution in [1.82, 2.24) is 19.6 Å². The van der Waals surface area contributed by atoms with Crippen LogP contribution in [0.3, 0.4) is 0 Å². The molecule has 3 saturated heterocycles. The van der Waals surface area contributed by atoms with Gasteiger partial charge in [0.25, 0.3) is 5.91 Å². The van der Waals surface area contributed by atoms with Gasteiger partial charge in [0.15, 0.2) is 0 Å². The van der Waals surface area contributed by atoms with Crippen molar-refractivity contribution in [2.75, 3.05) is 26.2 Å². The summed E-state index contributed by atoms with van der Waals surface area (Å²) in [5.41, 5.74) is 0.605. The van der Waals surface area contributed by atoms with Gasteiger partial charge in [-0.3, -0.25) is 14.4 Å². The first-order valence-corrected chi connectivity index (χ1v) is 9.18. The Morgan fingerprint density at radius 1 is 1.22 bits per heavy atom. The summed E-state index contributed by atoms with van der Waals surface area (Å²) in [6.07, 6.45) is 7.26. The maximum atomic E-state index is 12.9. The molecule has 2 bridgehead atoms. The highest BCUT2D eigenvalue weighted by Gasteiger charge is 2.38. The summed E-state index contributed by atoms with van der Waals surface area (Å²) in [6.45, 7) is 8.41. The molecule has 0 unspecified atom stereocenters. The van der Waals surface area contributed by atoms with Crippen molar-refractivity contribution in [3.63, 3.8) is 0 Å². The summed E-state index contributed by atoms with van der Waals surface area (Å²) in [4.78, 5) is 17.6. The third kappa shape index (κ3) is 3.16. The summed E-state index contributed by atoms with van der Waals surface area (Å²) < 4.78 is 1.87. The lowest BCUT2D eigenvalue weighted by Crippen LogP contribution is -2.45. The lowest BCUT2D eigenvalue weighted by atomic mass is 9.95. The molecule has 5 heteroatoms. The van der Waals surface area contributed by atoms with Crippen molar-refractivity contribution >= 4 is 5.91 Å². The van der Waals surface area contributed by atoms with Crippen LogP contribution in [0.4, 0.5) is 0 Å². The molecule has 0 N–H and O–H groups in total. The Labute approximate surface area is 138 Å². The molecule has 126 valence electrons. The molecule has 0 radical (unpaired) electrons. The summed E-state index contributed by atoms with van der Waals surface area (Å²) >= 11 is 0. The summed E-state index contributed by atoms with van der Waals surface area (Å²) in [6, 6.07) is 2.73. The van der Waals surface area contributed by atoms with E-state index in [1.165, 1.54) is 38.8 Å². The molecule has 1 amide bonds. The number of aromatic nitrogens is 2. The van der Waals surface area contributed by atoms with E-state index in [2.05, 4.69) is 28.7 Å². The number of piperidine rings is 1. The average molecular weight is 316 g/mol. The van der Waals surface area contributed by atoms with Gasteiger partial charge in [-0.2, -0.15) is 5.10 Å². The Morgan fingerprint density at radius 2 is 2.04 bits per heavy atom. The topological polar surface area (TPSA) is 41.4 Å². The van der Waals surface area contributed by atoms with Crippen LogP contribution in [0.5, 0.6) is 0 Å². The standard InChI is InChI=1S/C18H28N4O/c1-13(2)22-8-7-17(19-22)18(23)21-11-15-5-6-16(12-21)20(10-15)9-14-3-4-14/h7-8,13-16H,3-6,9-12H2,1-2H3/t15-,16-/m0/s1. The van der Waals surface area contributed by atoms with Crippen LogP contribution in [0, 0.1) is 11.8 Å². The van der Waals surface area contributed by atoms with E-state index >= 15 is 0 Å². The first kappa shape index (κ1) is 15.2. The predicted molar refractivity (Wildman–Crippen MR) is 89.3 cm³/mol. The highest BCUT2D eigenvalue weighted by Crippen LogP contribution is 2.35. The maximum Gasteiger partial charge on any atom is 0.274 e. The van der Waals surface area contributed by atoms with Crippen molar-refractivity contribution in [2.24, 2.45) is 11.8 Å². The average Bonchev–Trinajstić information content (AvgIpc) is 3.27. The summed E-state index contributed by atoms with van der Waals surface area (Å²) in [5.74, 6) is 1.69. The van der Waals surface area contributed by atoms with Crippen LogP contribution in [0.15, 0.2) is 12.3 Å². The van der Waals surface area contributed by atoms with E-state index in [1.54, 1.807) is 0 Å². The number of nitrogens with zero attached hydrogens (tertiary/aromatic N) is 4. The molecule has 4 heterocycles. The molecule has 0 aromatic carbocycles. The van der Waals surface area contributed by atoms with Crippen molar-refractivity contribution in [1.29, 1.82) is 0 Å². The Bertz CT molecular complexity index is 577.